The number of carbonyl (C=O) groups excluding carboxylic acids is 1. The van der Waals surface area contributed by atoms with Gasteiger partial charge in [-0.1, -0.05) is 50.3 Å². The minimum absolute atomic E-state index is 0.0958. The molecule has 0 bridgehead atoms. The number of fused-ring (bicyclic) bond motifs is 5. The molecule has 0 amide bonds. The maximum atomic E-state index is 13.4. The van der Waals surface area contributed by atoms with Crippen LogP contribution in [0.25, 0.3) is 0 Å². The number of benzene rings is 1. The fourth-order valence-electron chi connectivity index (χ4n) is 8.11. The molecule has 2 saturated carbocycles. The molecule has 0 heterocycles. The van der Waals surface area contributed by atoms with Crippen LogP contribution < -0.4 is 0 Å². The Bertz CT molecular complexity index is 973. The smallest absolute Gasteiger partial charge is 0.331 e. The van der Waals surface area contributed by atoms with Gasteiger partial charge in [0, 0.05) is 17.9 Å². The molecule has 3 nitrogen and oxygen atoms in total. The summed E-state index contributed by atoms with van der Waals surface area (Å²) >= 11 is 0. The largest absolute Gasteiger partial charge is 0.478 e. The maximum absolute atomic E-state index is 13.4. The summed E-state index contributed by atoms with van der Waals surface area (Å²) in [5.74, 6) is 1.78. The number of carboxylic acid groups (broad SMARTS) is 1. The number of rotatable bonds is 5. The number of hydrogen-bond acceptors (Lipinski definition) is 2. The lowest BCUT2D eigenvalue weighted by atomic mass is 9.47. The monoisotopic (exact) mass is 432 g/mol. The normalized spacial score (nSPS) is 38.1. The van der Waals surface area contributed by atoms with Gasteiger partial charge in [0.1, 0.15) is 5.78 Å². The summed E-state index contributed by atoms with van der Waals surface area (Å²) in [7, 11) is 0. The van der Waals surface area contributed by atoms with E-state index in [0.717, 1.165) is 32.1 Å². The molecule has 0 unspecified atom stereocenters. The van der Waals surface area contributed by atoms with Crippen molar-refractivity contribution in [3.8, 4) is 0 Å². The Morgan fingerprint density at radius 2 is 1.81 bits per heavy atom. The summed E-state index contributed by atoms with van der Waals surface area (Å²) in [4.78, 5) is 24.9. The second-order valence-electron chi connectivity index (χ2n) is 11.3. The predicted molar refractivity (Wildman–Crippen MR) is 126 cm³/mol. The second kappa shape index (κ2) is 8.01. The van der Waals surface area contributed by atoms with Crippen LogP contribution in [-0.4, -0.2) is 16.9 Å². The van der Waals surface area contributed by atoms with Gasteiger partial charge in [-0.3, -0.25) is 4.79 Å². The highest BCUT2D eigenvalue weighted by molar-refractivity contribution is 5.87. The first-order chi connectivity index (χ1) is 15.3. The van der Waals surface area contributed by atoms with Crippen LogP contribution in [0.2, 0.25) is 0 Å². The van der Waals surface area contributed by atoms with Crippen LogP contribution in [0.5, 0.6) is 0 Å². The molecule has 32 heavy (non-hydrogen) atoms. The molecule has 0 saturated heterocycles. The van der Waals surface area contributed by atoms with Gasteiger partial charge in [0.15, 0.2) is 0 Å². The average Bonchev–Trinajstić information content (AvgIpc) is 3.15. The third-order valence-electron chi connectivity index (χ3n) is 9.93. The molecule has 2 fully saturated rings. The minimum Gasteiger partial charge on any atom is -0.478 e. The zero-order valence-corrected chi connectivity index (χ0v) is 19.5. The number of Topliss-reactive ketones (excluding diaryl/α,β-unsaturated/α-hetero) is 1. The van der Waals surface area contributed by atoms with E-state index in [1.54, 1.807) is 0 Å². The number of allylic oxidation sites excluding steroid dienone is 3. The Kier molecular flexibility index (Phi) is 5.42. The second-order valence-corrected chi connectivity index (χ2v) is 11.3. The number of hydrogen-bond donors (Lipinski definition) is 1. The molecular weight excluding hydrogens is 396 g/mol. The van der Waals surface area contributed by atoms with E-state index in [4.69, 9.17) is 0 Å². The van der Waals surface area contributed by atoms with Crippen molar-refractivity contribution in [2.75, 3.05) is 0 Å². The fourth-order valence-corrected chi connectivity index (χ4v) is 8.11. The van der Waals surface area contributed by atoms with E-state index in [1.165, 1.54) is 24.0 Å². The third-order valence-corrected chi connectivity index (χ3v) is 9.93. The number of carboxylic acids is 1. The van der Waals surface area contributed by atoms with E-state index >= 15 is 0 Å². The van der Waals surface area contributed by atoms with Gasteiger partial charge in [0.05, 0.1) is 0 Å². The molecule has 3 heteroatoms. The molecule has 1 aromatic carbocycles. The summed E-state index contributed by atoms with van der Waals surface area (Å²) in [6.45, 7) is 4.79. The Balaban J connectivity index is 1.34. The highest BCUT2D eigenvalue weighted by Gasteiger charge is 2.59. The molecule has 4 aliphatic rings. The standard InChI is InChI=1S/C29H36O3/c1-28-16-14-20(27(31)32)18-21(28)9-10-22-23-11-12-25(29(23,2)17-15-24(22)28)26(30)13-8-19-6-4-3-5-7-19/h3-7,9,18,22-25H,8,10-17H2,1-2H3,(H,31,32)/t22-,23-,24-,25-,28-,29-/m0/s1. The first kappa shape index (κ1) is 21.7. The van der Waals surface area contributed by atoms with Crippen LogP contribution in [0, 0.1) is 34.5 Å². The van der Waals surface area contributed by atoms with Gasteiger partial charge in [-0.2, -0.15) is 0 Å². The van der Waals surface area contributed by atoms with Crippen LogP contribution in [0.3, 0.4) is 0 Å². The zero-order valence-electron chi connectivity index (χ0n) is 19.5. The first-order valence-electron chi connectivity index (χ1n) is 12.5. The topological polar surface area (TPSA) is 54.4 Å². The Labute approximate surface area is 192 Å². The van der Waals surface area contributed by atoms with E-state index in [0.29, 0.717) is 42.0 Å². The SMILES string of the molecule is C[C@]12CC[C@H]3[C@@H](CC=C4C=C(C(=O)O)CC[C@@]43C)[C@@H]1CC[C@H]2C(=O)CCc1ccccc1. The summed E-state index contributed by atoms with van der Waals surface area (Å²) in [5, 5.41) is 9.47. The van der Waals surface area contributed by atoms with Gasteiger partial charge in [-0.05, 0) is 97.2 Å². The summed E-state index contributed by atoms with van der Waals surface area (Å²) in [6.07, 6.45) is 13.0. The van der Waals surface area contributed by atoms with E-state index in [9.17, 15) is 14.7 Å². The molecule has 170 valence electrons. The van der Waals surface area contributed by atoms with E-state index in [-0.39, 0.29) is 16.7 Å². The molecule has 4 aliphatic carbocycles. The van der Waals surface area contributed by atoms with E-state index in [2.05, 4.69) is 44.2 Å². The van der Waals surface area contributed by atoms with Crippen LogP contribution in [0.1, 0.15) is 70.8 Å². The van der Waals surface area contributed by atoms with Crippen molar-refractivity contribution in [3.05, 3.63) is 59.2 Å². The highest BCUT2D eigenvalue weighted by atomic mass is 16.4. The molecule has 5 rings (SSSR count). The molecule has 0 aromatic heterocycles. The van der Waals surface area contributed by atoms with E-state index < -0.39 is 5.97 Å². The number of ketones is 1. The van der Waals surface area contributed by atoms with Gasteiger partial charge in [0.2, 0.25) is 0 Å². The van der Waals surface area contributed by atoms with Gasteiger partial charge in [-0.15, -0.1) is 0 Å². The average molecular weight is 433 g/mol. The van der Waals surface area contributed by atoms with Crippen molar-refractivity contribution in [2.24, 2.45) is 34.5 Å². The van der Waals surface area contributed by atoms with Crippen molar-refractivity contribution in [1.82, 2.24) is 0 Å². The van der Waals surface area contributed by atoms with Crippen molar-refractivity contribution in [3.63, 3.8) is 0 Å². The van der Waals surface area contributed by atoms with Gasteiger partial charge >= 0.3 is 5.97 Å². The zero-order chi connectivity index (χ0) is 22.5. The molecular formula is C29H36O3. The minimum atomic E-state index is -0.765. The van der Waals surface area contributed by atoms with Crippen LogP contribution in [0.4, 0.5) is 0 Å². The van der Waals surface area contributed by atoms with Crippen LogP contribution in [0.15, 0.2) is 53.6 Å². The maximum Gasteiger partial charge on any atom is 0.331 e. The third kappa shape index (κ3) is 3.40. The molecule has 0 spiro atoms. The quantitative estimate of drug-likeness (QED) is 0.587. The van der Waals surface area contributed by atoms with Crippen LogP contribution in [-0.2, 0) is 16.0 Å². The van der Waals surface area contributed by atoms with Crippen molar-refractivity contribution in [1.29, 1.82) is 0 Å². The van der Waals surface area contributed by atoms with Gasteiger partial charge in [-0.25, -0.2) is 4.79 Å². The van der Waals surface area contributed by atoms with E-state index in [1.807, 2.05) is 12.1 Å². The Hall–Kier alpha value is -2.16. The molecule has 0 aliphatic heterocycles. The molecule has 6 atom stereocenters. The summed E-state index contributed by atoms with van der Waals surface area (Å²) < 4.78 is 0. The molecule has 0 radical (unpaired) electrons. The Morgan fingerprint density at radius 3 is 2.56 bits per heavy atom. The highest BCUT2D eigenvalue weighted by Crippen LogP contribution is 2.66. The van der Waals surface area contributed by atoms with Crippen molar-refractivity contribution in [2.45, 2.75) is 71.6 Å². The van der Waals surface area contributed by atoms with Gasteiger partial charge in [0.25, 0.3) is 0 Å². The lowest BCUT2D eigenvalue weighted by Crippen LogP contribution is -2.50. The number of aliphatic carboxylic acids is 1. The summed E-state index contributed by atoms with van der Waals surface area (Å²) in [5.41, 5.74) is 3.32. The summed E-state index contributed by atoms with van der Waals surface area (Å²) in [6, 6.07) is 10.4. The first-order valence-corrected chi connectivity index (χ1v) is 12.5. The molecule has 1 N–H and O–H groups in total. The molecule has 1 aromatic rings. The van der Waals surface area contributed by atoms with Gasteiger partial charge < -0.3 is 5.11 Å². The predicted octanol–water partition coefficient (Wildman–Crippen LogP) is 6.39. The van der Waals surface area contributed by atoms with Crippen molar-refractivity contribution >= 4 is 11.8 Å². The number of carbonyl (C=O) groups is 2. The van der Waals surface area contributed by atoms with Crippen molar-refractivity contribution < 1.29 is 14.7 Å². The fraction of sp³-hybridized carbons (Fsp3) is 0.586. The lowest BCUT2D eigenvalue weighted by Gasteiger charge is -2.57. The Morgan fingerprint density at radius 1 is 1.03 bits per heavy atom. The van der Waals surface area contributed by atoms with Crippen LogP contribution >= 0.6 is 0 Å². The number of aryl methyl sites for hydroxylation is 1. The lowest BCUT2D eigenvalue weighted by molar-refractivity contribution is -0.133.